The lowest BCUT2D eigenvalue weighted by Crippen LogP contribution is -2.02. The molecule has 0 radical (unpaired) electrons. The van der Waals surface area contributed by atoms with Crippen molar-refractivity contribution in [2.75, 3.05) is 0 Å². The zero-order valence-corrected chi connectivity index (χ0v) is 6.05. The highest BCUT2D eigenvalue weighted by atomic mass is 19.1. The molecule has 0 aliphatic rings. The largest absolute Gasteiger partial charge is 0.481 e. The number of aliphatic carboxylic acids is 1. The molecule has 1 rings (SSSR count). The molecular weight excluding hydrogens is 178 g/mol. The third-order valence-corrected chi connectivity index (χ3v) is 1.35. The fourth-order valence-electron chi connectivity index (χ4n) is 0.842. The Balaban J connectivity index is 0.00000144. The number of carboxylic acids is 1. The van der Waals surface area contributed by atoms with Crippen molar-refractivity contribution in [2.45, 2.75) is 13.8 Å². The van der Waals surface area contributed by atoms with Crippen LogP contribution in [0, 0.1) is 11.6 Å². The monoisotopic (exact) mass is 188 g/mol. The van der Waals surface area contributed by atoms with Gasteiger partial charge in [-0.15, -0.1) is 0 Å². The molecule has 1 N–H and O–H groups in total. The predicted molar refractivity (Wildman–Crippen MR) is 44.4 cm³/mol. The summed E-state index contributed by atoms with van der Waals surface area (Å²) in [5, 5.41) is 8.29. The standard InChI is InChI=1S/C8H6F2O2.CH4/c9-6-1-2-7(10)5(3-6)4-8(11)12;/h1-3H,4H2,(H,11,12);1H4. The van der Waals surface area contributed by atoms with Crippen LogP contribution in [0.3, 0.4) is 0 Å². The van der Waals surface area contributed by atoms with Gasteiger partial charge in [-0.3, -0.25) is 4.79 Å². The summed E-state index contributed by atoms with van der Waals surface area (Å²) in [7, 11) is 0. The van der Waals surface area contributed by atoms with E-state index in [1.54, 1.807) is 0 Å². The first-order chi connectivity index (χ1) is 5.59. The quantitative estimate of drug-likeness (QED) is 0.772. The van der Waals surface area contributed by atoms with Gasteiger partial charge < -0.3 is 5.11 Å². The topological polar surface area (TPSA) is 37.3 Å². The molecule has 13 heavy (non-hydrogen) atoms. The summed E-state index contributed by atoms with van der Waals surface area (Å²) in [4.78, 5) is 10.1. The predicted octanol–water partition coefficient (Wildman–Crippen LogP) is 2.23. The molecule has 72 valence electrons. The van der Waals surface area contributed by atoms with Crippen LogP contribution in [0.5, 0.6) is 0 Å². The van der Waals surface area contributed by atoms with Gasteiger partial charge in [0.15, 0.2) is 0 Å². The highest BCUT2D eigenvalue weighted by Crippen LogP contribution is 2.09. The summed E-state index contributed by atoms with van der Waals surface area (Å²) in [6, 6.07) is 2.73. The molecule has 1 aromatic carbocycles. The van der Waals surface area contributed by atoms with E-state index in [1.807, 2.05) is 0 Å². The van der Waals surface area contributed by atoms with Crippen LogP contribution in [0.15, 0.2) is 18.2 Å². The lowest BCUT2D eigenvalue weighted by Gasteiger charge is -1.98. The van der Waals surface area contributed by atoms with Crippen molar-refractivity contribution >= 4 is 5.97 Å². The average molecular weight is 188 g/mol. The SMILES string of the molecule is C.O=C(O)Cc1cc(F)ccc1F. The van der Waals surface area contributed by atoms with Gasteiger partial charge in [0.1, 0.15) is 11.6 Å². The first-order valence-electron chi connectivity index (χ1n) is 3.25. The minimum absolute atomic E-state index is 0. The zero-order chi connectivity index (χ0) is 9.14. The molecule has 0 aliphatic heterocycles. The number of benzene rings is 1. The van der Waals surface area contributed by atoms with Crippen LogP contribution in [0.25, 0.3) is 0 Å². The molecule has 0 unspecified atom stereocenters. The molecule has 4 heteroatoms. The Morgan fingerprint density at radius 3 is 2.54 bits per heavy atom. The Labute approximate surface area is 74.8 Å². The first-order valence-corrected chi connectivity index (χ1v) is 3.25. The average Bonchev–Trinajstić information content (AvgIpc) is 1.96. The fraction of sp³-hybridized carbons (Fsp3) is 0.222. The van der Waals surface area contributed by atoms with Crippen LogP contribution >= 0.6 is 0 Å². The Kier molecular flexibility index (Phi) is 4.04. The summed E-state index contributed by atoms with van der Waals surface area (Å²) >= 11 is 0. The highest BCUT2D eigenvalue weighted by molar-refractivity contribution is 5.70. The van der Waals surface area contributed by atoms with Crippen molar-refractivity contribution < 1.29 is 18.7 Å². The number of hydrogen-bond acceptors (Lipinski definition) is 1. The number of halogens is 2. The van der Waals surface area contributed by atoms with Crippen LogP contribution in [-0.4, -0.2) is 11.1 Å². The van der Waals surface area contributed by atoms with Gasteiger partial charge in [0.25, 0.3) is 0 Å². The minimum Gasteiger partial charge on any atom is -0.481 e. The van der Waals surface area contributed by atoms with Crippen molar-refractivity contribution in [3.05, 3.63) is 35.4 Å². The van der Waals surface area contributed by atoms with E-state index in [4.69, 9.17) is 5.11 Å². The van der Waals surface area contributed by atoms with Crippen LogP contribution < -0.4 is 0 Å². The third kappa shape index (κ3) is 3.19. The molecule has 0 atom stereocenters. The Morgan fingerprint density at radius 2 is 2.00 bits per heavy atom. The van der Waals surface area contributed by atoms with E-state index < -0.39 is 24.0 Å². The van der Waals surface area contributed by atoms with Gasteiger partial charge in [-0.25, -0.2) is 8.78 Å². The maximum absolute atomic E-state index is 12.7. The Hall–Kier alpha value is -1.45. The highest BCUT2D eigenvalue weighted by Gasteiger charge is 2.07. The van der Waals surface area contributed by atoms with Crippen molar-refractivity contribution in [3.63, 3.8) is 0 Å². The second-order valence-corrected chi connectivity index (χ2v) is 2.31. The number of carbonyl (C=O) groups is 1. The summed E-state index contributed by atoms with van der Waals surface area (Å²) in [6.45, 7) is 0. The summed E-state index contributed by atoms with van der Waals surface area (Å²) in [5.41, 5.74) is -0.137. The van der Waals surface area contributed by atoms with E-state index >= 15 is 0 Å². The molecule has 0 fully saturated rings. The van der Waals surface area contributed by atoms with Gasteiger partial charge in [-0.05, 0) is 18.2 Å². The van der Waals surface area contributed by atoms with Gasteiger partial charge >= 0.3 is 5.97 Å². The molecule has 1 aromatic rings. The van der Waals surface area contributed by atoms with Gasteiger partial charge in [0.05, 0.1) is 6.42 Å². The van der Waals surface area contributed by atoms with Crippen LogP contribution in [0.2, 0.25) is 0 Å². The molecule has 0 aromatic heterocycles. The smallest absolute Gasteiger partial charge is 0.307 e. The van der Waals surface area contributed by atoms with Crippen molar-refractivity contribution in [1.29, 1.82) is 0 Å². The van der Waals surface area contributed by atoms with Gasteiger partial charge in [0.2, 0.25) is 0 Å². The normalized spacial score (nSPS) is 9.08. The van der Waals surface area contributed by atoms with Crippen molar-refractivity contribution in [1.82, 2.24) is 0 Å². The fourth-order valence-corrected chi connectivity index (χ4v) is 0.842. The second kappa shape index (κ2) is 4.54. The molecular formula is C9H10F2O2. The van der Waals surface area contributed by atoms with E-state index in [0.717, 1.165) is 18.2 Å². The lowest BCUT2D eigenvalue weighted by atomic mass is 10.1. The van der Waals surface area contributed by atoms with E-state index in [0.29, 0.717) is 0 Å². The van der Waals surface area contributed by atoms with E-state index in [2.05, 4.69) is 0 Å². The number of hydrogen-bond donors (Lipinski definition) is 1. The van der Waals surface area contributed by atoms with Gasteiger partial charge in [-0.2, -0.15) is 0 Å². The van der Waals surface area contributed by atoms with Gasteiger partial charge in [0, 0.05) is 5.56 Å². The summed E-state index contributed by atoms with van der Waals surface area (Å²) < 4.78 is 25.1. The molecule has 0 aliphatic carbocycles. The lowest BCUT2D eigenvalue weighted by molar-refractivity contribution is -0.136. The third-order valence-electron chi connectivity index (χ3n) is 1.35. The van der Waals surface area contributed by atoms with E-state index in [-0.39, 0.29) is 13.0 Å². The Bertz CT molecular complexity index is 310. The molecule has 0 saturated heterocycles. The maximum Gasteiger partial charge on any atom is 0.307 e. The number of rotatable bonds is 2. The van der Waals surface area contributed by atoms with Gasteiger partial charge in [-0.1, -0.05) is 7.43 Å². The second-order valence-electron chi connectivity index (χ2n) is 2.31. The molecule has 2 nitrogen and oxygen atoms in total. The van der Waals surface area contributed by atoms with E-state index in [9.17, 15) is 13.6 Å². The van der Waals surface area contributed by atoms with Crippen molar-refractivity contribution in [2.24, 2.45) is 0 Å². The van der Waals surface area contributed by atoms with Crippen LogP contribution in [0.1, 0.15) is 13.0 Å². The molecule has 0 heterocycles. The van der Waals surface area contributed by atoms with Crippen LogP contribution in [-0.2, 0) is 11.2 Å². The molecule has 0 saturated carbocycles. The molecule has 0 spiro atoms. The molecule has 0 bridgehead atoms. The maximum atomic E-state index is 12.7. The number of carboxylic acid groups (broad SMARTS) is 1. The zero-order valence-electron chi connectivity index (χ0n) is 6.05. The minimum atomic E-state index is -1.18. The van der Waals surface area contributed by atoms with Crippen molar-refractivity contribution in [3.8, 4) is 0 Å². The van der Waals surface area contributed by atoms with Crippen LogP contribution in [0.4, 0.5) is 8.78 Å². The Morgan fingerprint density at radius 1 is 1.38 bits per heavy atom. The first kappa shape index (κ1) is 11.6. The summed E-state index contributed by atoms with van der Waals surface area (Å²) in [6.07, 6.45) is -0.496. The summed E-state index contributed by atoms with van der Waals surface area (Å²) in [5.74, 6) is -2.51. The van der Waals surface area contributed by atoms with E-state index in [1.165, 1.54) is 0 Å². The molecule has 0 amide bonds.